The molecule has 31 nitrogen and oxygen atoms in total. The molecule has 31 heteroatoms. The molecule has 0 aromatic heterocycles. The van der Waals surface area contributed by atoms with E-state index in [0.717, 1.165) is 11.8 Å². The Hall–Kier alpha value is -8.81. The van der Waals surface area contributed by atoms with Crippen molar-refractivity contribution in [1.29, 1.82) is 0 Å². The van der Waals surface area contributed by atoms with Crippen LogP contribution in [-0.2, 0) is 75.2 Å². The summed E-state index contributed by atoms with van der Waals surface area (Å²) in [6, 6.07) is -1.22. The zero-order valence-electron chi connectivity index (χ0n) is 47.7. The van der Waals surface area contributed by atoms with Crippen LogP contribution < -0.4 is 59.3 Å². The summed E-state index contributed by atoms with van der Waals surface area (Å²) >= 11 is 0. The van der Waals surface area contributed by atoms with Crippen LogP contribution in [0.5, 0.6) is 5.75 Å². The number of carbonyl (C=O) groups excluding carboxylic acids is 11. The number of rotatable bonds is 33. The number of amides is 11. The molecule has 0 spiro atoms. The molecular weight excluding hydrogens is 1120 g/mol. The molecule has 19 N–H and O–H groups in total. The Morgan fingerprint density at radius 1 is 0.612 bits per heavy atom. The smallest absolute Gasteiger partial charge is 0.326 e. The molecule has 2 aromatic rings. The average Bonchev–Trinajstić information content (AvgIpc) is 2.90. The molecule has 0 radical (unpaired) electrons. The molecule has 3 rings (SSSR count). The lowest BCUT2D eigenvalue weighted by Gasteiger charge is -2.32. The van der Waals surface area contributed by atoms with Crippen molar-refractivity contribution in [2.24, 2.45) is 23.3 Å². The number of hydrogen-bond donors (Lipinski definition) is 17. The first kappa shape index (κ1) is 70.5. The maximum absolute atomic E-state index is 14.0. The predicted molar refractivity (Wildman–Crippen MR) is 297 cm³/mol. The number of benzene rings is 2. The van der Waals surface area contributed by atoms with Crippen LogP contribution in [0.4, 0.5) is 0 Å². The third-order valence-corrected chi connectivity index (χ3v) is 13.4. The van der Waals surface area contributed by atoms with Crippen LogP contribution in [0.15, 0.2) is 54.6 Å². The first-order valence-electron chi connectivity index (χ1n) is 27.1. The first-order chi connectivity index (χ1) is 39.8. The highest BCUT2D eigenvalue weighted by atomic mass is 16.4. The molecule has 0 aliphatic carbocycles. The van der Waals surface area contributed by atoms with Crippen LogP contribution in [0.1, 0.15) is 78.4 Å². The number of aliphatic carboxylic acids is 2. The number of carbonyl (C=O) groups is 13. The van der Waals surface area contributed by atoms with Crippen LogP contribution in [0.3, 0.4) is 0 Å². The van der Waals surface area contributed by atoms with Crippen molar-refractivity contribution in [3.05, 3.63) is 65.7 Å². The van der Waals surface area contributed by atoms with Gasteiger partial charge < -0.3 is 94.9 Å². The highest BCUT2D eigenvalue weighted by Gasteiger charge is 2.44. The number of nitrogens with one attached hydrogen (secondary N) is 9. The van der Waals surface area contributed by atoms with E-state index in [2.05, 4.69) is 47.9 Å². The summed E-state index contributed by atoms with van der Waals surface area (Å²) < 4.78 is 0. The van der Waals surface area contributed by atoms with Gasteiger partial charge in [-0.25, -0.2) is 4.79 Å². The standard InChI is InChI=1S/C54H78N12O19/c1-25(2)42(51(81)57-22-40(72)59-37(24-67)49(79)60-34(16-17-41(73)74)47(77)58-27(5)45(75)62-36(54(84)85)19-29-10-8-7-9-11-29)63-48(78)35(21-39(56)71)61-52(82)44(28(6)68)65-50(80)38-20-32(70)23-66(38)53(83)43(26(3)4)64-46(76)33(55)18-30-12-14-31(69)15-13-30/h7-15,25-28,32-38,42-44,67-70H,16-24,55H2,1-6H3,(H2,56,71)(H,57,81)(H,58,77)(H,59,72)(H,60,79)(H,61,82)(H,62,75)(H,63,78)(H,64,76)(H,65,80)(H,73,74)(H,84,85)/t27-,28+,32?,33-,34-,35-,36-,37-,38?,42-,43-,44-/m0/s1. The van der Waals surface area contributed by atoms with Gasteiger partial charge in [0.15, 0.2) is 0 Å². The fourth-order valence-electron chi connectivity index (χ4n) is 8.60. The summed E-state index contributed by atoms with van der Waals surface area (Å²) in [5.74, 6) is -15.7. The monoisotopic (exact) mass is 1200 g/mol. The zero-order valence-corrected chi connectivity index (χ0v) is 47.7. The van der Waals surface area contributed by atoms with Gasteiger partial charge in [-0.15, -0.1) is 0 Å². The molecular formula is C54H78N12O19. The molecule has 12 atom stereocenters. The lowest BCUT2D eigenvalue weighted by Crippen LogP contribution is -2.62. The average molecular weight is 1200 g/mol. The molecule has 0 saturated carbocycles. The maximum Gasteiger partial charge on any atom is 0.326 e. The third-order valence-electron chi connectivity index (χ3n) is 13.4. The van der Waals surface area contributed by atoms with E-state index in [0.29, 0.717) is 11.1 Å². The summed E-state index contributed by atoms with van der Waals surface area (Å²) in [6.45, 7) is 6.04. The van der Waals surface area contributed by atoms with Crippen molar-refractivity contribution in [1.82, 2.24) is 52.8 Å². The van der Waals surface area contributed by atoms with Crippen molar-refractivity contribution in [3.8, 4) is 5.75 Å². The van der Waals surface area contributed by atoms with Gasteiger partial charge in [0.1, 0.15) is 60.1 Å². The van der Waals surface area contributed by atoms with Gasteiger partial charge in [0.25, 0.3) is 0 Å². The molecule has 2 unspecified atom stereocenters. The van der Waals surface area contributed by atoms with E-state index in [1.807, 2.05) is 0 Å². The summed E-state index contributed by atoms with van der Waals surface area (Å²) in [5, 5.41) is 80.6. The fraction of sp³-hybridized carbons (Fsp3) is 0.537. The molecule has 468 valence electrons. The number of nitrogens with zero attached hydrogens (tertiary/aromatic N) is 1. The Kier molecular flexibility index (Phi) is 27.7. The van der Waals surface area contributed by atoms with E-state index in [4.69, 9.17) is 11.5 Å². The van der Waals surface area contributed by atoms with E-state index < -0.39 is 194 Å². The number of phenolic OH excluding ortho intramolecular Hbond substituents is 1. The topological polar surface area (TPSA) is 507 Å². The molecule has 85 heavy (non-hydrogen) atoms. The van der Waals surface area contributed by atoms with Gasteiger partial charge in [-0.3, -0.25) is 57.5 Å². The van der Waals surface area contributed by atoms with Gasteiger partial charge in [-0.1, -0.05) is 70.2 Å². The fourth-order valence-corrected chi connectivity index (χ4v) is 8.60. The van der Waals surface area contributed by atoms with E-state index in [-0.39, 0.29) is 31.6 Å². The molecule has 2 aromatic carbocycles. The van der Waals surface area contributed by atoms with Crippen molar-refractivity contribution < 1.29 is 93.0 Å². The first-order valence-corrected chi connectivity index (χ1v) is 27.1. The Morgan fingerprint density at radius 3 is 1.72 bits per heavy atom. The van der Waals surface area contributed by atoms with E-state index >= 15 is 0 Å². The van der Waals surface area contributed by atoms with Crippen molar-refractivity contribution in [2.45, 2.75) is 153 Å². The third kappa shape index (κ3) is 22.7. The lowest BCUT2D eigenvalue weighted by atomic mass is 10.00. The molecule has 11 amide bonds. The maximum atomic E-state index is 14.0. The molecule has 1 heterocycles. The van der Waals surface area contributed by atoms with Crippen molar-refractivity contribution >= 4 is 76.9 Å². The van der Waals surface area contributed by atoms with Crippen LogP contribution in [0.25, 0.3) is 0 Å². The molecule has 1 saturated heterocycles. The minimum atomic E-state index is -1.89. The lowest BCUT2D eigenvalue weighted by molar-refractivity contribution is -0.144. The second kappa shape index (κ2) is 33.5. The summed E-state index contributed by atoms with van der Waals surface area (Å²) in [5.41, 5.74) is 12.7. The number of aromatic hydroxyl groups is 1. The number of primary amides is 1. The molecule has 1 fully saturated rings. The van der Waals surface area contributed by atoms with Crippen molar-refractivity contribution in [2.75, 3.05) is 19.7 Å². The Balaban J connectivity index is 1.66. The van der Waals surface area contributed by atoms with Crippen LogP contribution in [-0.4, -0.2) is 205 Å². The Labute approximate surface area is 488 Å². The van der Waals surface area contributed by atoms with Gasteiger partial charge in [-0.05, 0) is 61.8 Å². The quantitative estimate of drug-likeness (QED) is 0.0316. The van der Waals surface area contributed by atoms with Crippen LogP contribution in [0, 0.1) is 11.8 Å². The Bertz CT molecular complexity index is 2710. The van der Waals surface area contributed by atoms with Crippen molar-refractivity contribution in [3.63, 3.8) is 0 Å². The number of hydrogen-bond acceptors (Lipinski definition) is 18. The summed E-state index contributed by atoms with van der Waals surface area (Å²) in [4.78, 5) is 171. The van der Waals surface area contributed by atoms with Crippen LogP contribution >= 0.6 is 0 Å². The second-order valence-corrected chi connectivity index (χ2v) is 21.1. The minimum Gasteiger partial charge on any atom is -0.508 e. The van der Waals surface area contributed by atoms with Gasteiger partial charge >= 0.3 is 11.9 Å². The van der Waals surface area contributed by atoms with Crippen LogP contribution in [0.2, 0.25) is 0 Å². The highest BCUT2D eigenvalue weighted by Crippen LogP contribution is 2.22. The number of phenols is 1. The van der Waals surface area contributed by atoms with Gasteiger partial charge in [0.2, 0.25) is 65.0 Å². The van der Waals surface area contributed by atoms with E-state index in [9.17, 15) is 93.0 Å². The van der Waals surface area contributed by atoms with E-state index in [1.54, 1.807) is 56.3 Å². The predicted octanol–water partition coefficient (Wildman–Crippen LogP) is -6.01. The van der Waals surface area contributed by atoms with Gasteiger partial charge in [0.05, 0.1) is 37.8 Å². The molecule has 1 aliphatic rings. The molecule has 0 bridgehead atoms. The number of carboxylic acids is 2. The number of nitrogens with two attached hydrogens (primary N) is 2. The highest BCUT2D eigenvalue weighted by molar-refractivity contribution is 6.00. The minimum absolute atomic E-state index is 0.00169. The largest absolute Gasteiger partial charge is 0.508 e. The summed E-state index contributed by atoms with van der Waals surface area (Å²) in [6.07, 6.45) is -5.52. The number of carboxylic acid groups (broad SMARTS) is 2. The zero-order chi connectivity index (χ0) is 64.0. The number of β-amino-alcohol motifs (C(OH)–C–C–N with tert-alkyl or cyclic N) is 1. The van der Waals surface area contributed by atoms with E-state index in [1.165, 1.54) is 32.9 Å². The normalized spacial score (nSPS) is 17.3. The SMILES string of the molecule is CC(C)[C@H](NC(=O)[C@H](CC(N)=O)NC(=O)[C@@H](NC(=O)C1CC(O)CN1C(=O)[C@@H](NC(=O)[C@@H](N)Cc1ccc(O)cc1)C(C)C)[C@@H](C)O)C(=O)NCC(=O)N[C@@H](CO)C(=O)N[C@@H](CCC(=O)O)C(=O)N[C@@H](C)C(=O)N[C@@H](Cc1ccccc1)C(=O)O. The van der Waals surface area contributed by atoms with Gasteiger partial charge in [-0.2, -0.15) is 0 Å². The number of likely N-dealkylation sites (tertiary alicyclic amines) is 1. The molecule has 1 aliphatic heterocycles. The number of aliphatic hydroxyl groups excluding tert-OH is 3. The number of aliphatic hydroxyl groups is 3. The Morgan fingerprint density at radius 2 is 1.16 bits per heavy atom. The summed E-state index contributed by atoms with van der Waals surface area (Å²) in [7, 11) is 0. The second-order valence-electron chi connectivity index (χ2n) is 21.1. The van der Waals surface area contributed by atoms with Gasteiger partial charge in [0, 0.05) is 25.8 Å².